The molecule has 3 rings (SSSR count). The van der Waals surface area contributed by atoms with E-state index in [1.165, 1.54) is 5.39 Å². The minimum absolute atomic E-state index is 0.659. The Morgan fingerprint density at radius 1 is 1.12 bits per heavy atom. The van der Waals surface area contributed by atoms with Crippen molar-refractivity contribution in [2.45, 2.75) is 0 Å². The summed E-state index contributed by atoms with van der Waals surface area (Å²) >= 11 is 8.50. The summed E-state index contributed by atoms with van der Waals surface area (Å²) in [4.78, 5) is 4.36. The van der Waals surface area contributed by atoms with E-state index in [2.05, 4.69) is 50.3 Å². The summed E-state index contributed by atoms with van der Waals surface area (Å²) in [6.07, 6.45) is 1.76. The van der Waals surface area contributed by atoms with Crippen LogP contribution >= 0.6 is 34.2 Å². The fraction of sp³-hybridized carbons (Fsp3) is 0. The molecule has 0 aliphatic rings. The molecule has 2 heterocycles. The predicted molar refractivity (Wildman–Crippen MR) is 78.8 cm³/mol. The molecule has 0 spiro atoms. The highest BCUT2D eigenvalue weighted by Crippen LogP contribution is 2.27. The Morgan fingerprint density at radius 2 is 1.94 bits per heavy atom. The van der Waals surface area contributed by atoms with Gasteiger partial charge < -0.3 is 0 Å². The highest BCUT2D eigenvalue weighted by atomic mass is 127. The van der Waals surface area contributed by atoms with Crippen LogP contribution in [-0.2, 0) is 0 Å². The topological polar surface area (TPSA) is 17.8 Å². The third-order valence-corrected chi connectivity index (χ3v) is 3.71. The Labute approximate surface area is 117 Å². The van der Waals surface area contributed by atoms with Crippen molar-refractivity contribution in [3.05, 3.63) is 57.4 Å². The molecule has 0 N–H and O–H groups in total. The summed E-state index contributed by atoms with van der Waals surface area (Å²) in [6.45, 7) is 0. The molecule has 0 unspecified atom stereocenters. The molecule has 17 heavy (non-hydrogen) atoms. The molecule has 84 valence electrons. The Morgan fingerprint density at radius 3 is 2.76 bits per heavy atom. The molecule has 0 saturated carbocycles. The van der Waals surface area contributed by atoms with Gasteiger partial charge in [0.2, 0.25) is 0 Å². The van der Waals surface area contributed by atoms with Crippen LogP contribution in [0.2, 0.25) is 5.02 Å². The first kappa shape index (κ1) is 11.0. The molecule has 0 bridgehead atoms. The first-order valence-corrected chi connectivity index (χ1v) is 6.60. The molecule has 0 saturated heterocycles. The SMILES string of the molecule is Clc1cccnc1-n1c(I)cc2ccccc21. The van der Waals surface area contributed by atoms with E-state index in [4.69, 9.17) is 11.6 Å². The van der Waals surface area contributed by atoms with Crippen LogP contribution in [0, 0.1) is 3.70 Å². The first-order chi connectivity index (χ1) is 8.27. The van der Waals surface area contributed by atoms with E-state index in [1.807, 2.05) is 24.3 Å². The standard InChI is InChI=1S/C13H8ClIN2/c14-10-5-3-7-16-13(10)17-11-6-2-1-4-9(11)8-12(17)15/h1-8H. The van der Waals surface area contributed by atoms with Gasteiger partial charge in [0.15, 0.2) is 5.82 Å². The highest BCUT2D eigenvalue weighted by Gasteiger charge is 2.11. The van der Waals surface area contributed by atoms with Gasteiger partial charge in [0, 0.05) is 11.6 Å². The third-order valence-electron chi connectivity index (χ3n) is 2.62. The zero-order chi connectivity index (χ0) is 11.8. The molecule has 1 aromatic carbocycles. The van der Waals surface area contributed by atoms with Gasteiger partial charge in [0.1, 0.15) is 0 Å². The molecule has 0 amide bonds. The number of hydrogen-bond acceptors (Lipinski definition) is 1. The summed E-state index contributed by atoms with van der Waals surface area (Å²) in [5.41, 5.74) is 1.12. The molecule has 0 radical (unpaired) electrons. The molecule has 2 aromatic heterocycles. The number of benzene rings is 1. The summed E-state index contributed by atoms with van der Waals surface area (Å²) in [7, 11) is 0. The van der Waals surface area contributed by atoms with Crippen LogP contribution < -0.4 is 0 Å². The van der Waals surface area contributed by atoms with Crippen molar-refractivity contribution in [2.24, 2.45) is 0 Å². The van der Waals surface area contributed by atoms with E-state index >= 15 is 0 Å². The molecule has 0 atom stereocenters. The van der Waals surface area contributed by atoms with E-state index < -0.39 is 0 Å². The number of rotatable bonds is 1. The zero-order valence-electron chi connectivity index (χ0n) is 8.77. The minimum atomic E-state index is 0.659. The van der Waals surface area contributed by atoms with Crippen molar-refractivity contribution in [3.63, 3.8) is 0 Å². The Hall–Kier alpha value is -1.07. The van der Waals surface area contributed by atoms with Crippen molar-refractivity contribution < 1.29 is 0 Å². The van der Waals surface area contributed by atoms with Crippen molar-refractivity contribution >= 4 is 45.1 Å². The lowest BCUT2D eigenvalue weighted by atomic mass is 10.2. The fourth-order valence-corrected chi connectivity index (χ4v) is 2.91. The van der Waals surface area contributed by atoms with Crippen LogP contribution in [0.5, 0.6) is 0 Å². The average Bonchev–Trinajstić information content (AvgIpc) is 2.66. The van der Waals surface area contributed by atoms with Gasteiger partial charge in [0.05, 0.1) is 14.2 Å². The molecule has 0 aliphatic carbocycles. The number of nitrogens with zero attached hydrogens (tertiary/aromatic N) is 2. The van der Waals surface area contributed by atoms with E-state index in [9.17, 15) is 0 Å². The van der Waals surface area contributed by atoms with Gasteiger partial charge in [-0.15, -0.1) is 0 Å². The number of fused-ring (bicyclic) bond motifs is 1. The Balaban J connectivity index is 2.38. The number of aromatic nitrogens is 2. The molecular weight excluding hydrogens is 347 g/mol. The molecule has 2 nitrogen and oxygen atoms in total. The molecule has 0 fully saturated rings. The minimum Gasteiger partial charge on any atom is -0.288 e. The number of pyridine rings is 1. The van der Waals surface area contributed by atoms with E-state index in [1.54, 1.807) is 6.20 Å². The fourth-order valence-electron chi connectivity index (χ4n) is 1.88. The monoisotopic (exact) mass is 354 g/mol. The maximum Gasteiger partial charge on any atom is 0.156 e. The van der Waals surface area contributed by atoms with E-state index in [0.717, 1.165) is 15.0 Å². The third kappa shape index (κ3) is 1.83. The van der Waals surface area contributed by atoms with Gasteiger partial charge in [-0.05, 0) is 46.9 Å². The van der Waals surface area contributed by atoms with Crippen molar-refractivity contribution in [2.75, 3.05) is 0 Å². The quantitative estimate of drug-likeness (QED) is 0.596. The van der Waals surface area contributed by atoms with Gasteiger partial charge in [-0.3, -0.25) is 4.57 Å². The van der Waals surface area contributed by atoms with Crippen LogP contribution in [0.4, 0.5) is 0 Å². The van der Waals surface area contributed by atoms with Gasteiger partial charge in [-0.2, -0.15) is 0 Å². The van der Waals surface area contributed by atoms with Crippen molar-refractivity contribution in [1.29, 1.82) is 0 Å². The van der Waals surface area contributed by atoms with Crippen LogP contribution in [0.25, 0.3) is 16.7 Å². The van der Waals surface area contributed by atoms with Crippen LogP contribution in [0.1, 0.15) is 0 Å². The van der Waals surface area contributed by atoms with Crippen LogP contribution in [0.3, 0.4) is 0 Å². The van der Waals surface area contributed by atoms with Gasteiger partial charge in [0.25, 0.3) is 0 Å². The normalized spacial score (nSPS) is 10.9. The summed E-state index contributed by atoms with van der Waals surface area (Å²) < 4.78 is 3.17. The van der Waals surface area contributed by atoms with Crippen molar-refractivity contribution in [1.82, 2.24) is 9.55 Å². The number of hydrogen-bond donors (Lipinski definition) is 0. The maximum atomic E-state index is 6.20. The van der Waals surface area contributed by atoms with Crippen molar-refractivity contribution in [3.8, 4) is 5.82 Å². The average molecular weight is 355 g/mol. The smallest absolute Gasteiger partial charge is 0.156 e. The van der Waals surface area contributed by atoms with Gasteiger partial charge >= 0.3 is 0 Å². The van der Waals surface area contributed by atoms with Gasteiger partial charge in [-0.25, -0.2) is 4.98 Å². The molecule has 4 heteroatoms. The molecular formula is C13H8ClIN2. The summed E-state index contributed by atoms with van der Waals surface area (Å²) in [5, 5.41) is 1.85. The summed E-state index contributed by atoms with van der Waals surface area (Å²) in [6, 6.07) is 14.0. The lowest BCUT2D eigenvalue weighted by Crippen LogP contribution is -1.99. The van der Waals surface area contributed by atoms with Crippen LogP contribution in [-0.4, -0.2) is 9.55 Å². The van der Waals surface area contributed by atoms with E-state index in [0.29, 0.717) is 5.02 Å². The predicted octanol–water partition coefficient (Wildman–Crippen LogP) is 4.28. The second-order valence-corrected chi connectivity index (χ2v) is 5.18. The number of para-hydroxylation sites is 1. The van der Waals surface area contributed by atoms with E-state index in [-0.39, 0.29) is 0 Å². The second-order valence-electron chi connectivity index (χ2n) is 3.67. The largest absolute Gasteiger partial charge is 0.288 e. The summed E-state index contributed by atoms with van der Waals surface area (Å²) in [5.74, 6) is 0.778. The Kier molecular flexibility index (Phi) is 2.80. The van der Waals surface area contributed by atoms with Gasteiger partial charge in [-0.1, -0.05) is 29.8 Å². The molecule has 0 aliphatic heterocycles. The molecule has 3 aromatic rings. The maximum absolute atomic E-state index is 6.20. The zero-order valence-corrected chi connectivity index (χ0v) is 11.7. The first-order valence-electron chi connectivity index (χ1n) is 5.14. The number of halogens is 2. The Bertz CT molecular complexity index is 691. The lowest BCUT2D eigenvalue weighted by molar-refractivity contribution is 1.02. The lowest BCUT2D eigenvalue weighted by Gasteiger charge is -2.07. The second kappa shape index (κ2) is 4.31. The highest BCUT2D eigenvalue weighted by molar-refractivity contribution is 14.1. The van der Waals surface area contributed by atoms with Crippen LogP contribution in [0.15, 0.2) is 48.7 Å².